The highest BCUT2D eigenvalue weighted by Crippen LogP contribution is 2.30. The second-order valence-corrected chi connectivity index (χ2v) is 4.97. The van der Waals surface area contributed by atoms with Crippen molar-refractivity contribution < 1.29 is 4.74 Å². The molecule has 3 nitrogen and oxygen atoms in total. The third-order valence-corrected chi connectivity index (χ3v) is 3.75. The Morgan fingerprint density at radius 2 is 2.12 bits per heavy atom. The van der Waals surface area contributed by atoms with Gasteiger partial charge in [0.05, 0.1) is 0 Å². The van der Waals surface area contributed by atoms with Gasteiger partial charge in [-0.2, -0.15) is 0 Å². The lowest BCUT2D eigenvalue weighted by molar-refractivity contribution is -0.00994. The van der Waals surface area contributed by atoms with E-state index in [4.69, 9.17) is 4.74 Å². The van der Waals surface area contributed by atoms with Gasteiger partial charge in [0.25, 0.3) is 0 Å². The van der Waals surface area contributed by atoms with E-state index >= 15 is 0 Å². The van der Waals surface area contributed by atoms with Gasteiger partial charge in [0, 0.05) is 18.8 Å². The van der Waals surface area contributed by atoms with Gasteiger partial charge < -0.3 is 4.74 Å². The van der Waals surface area contributed by atoms with Crippen LogP contribution in [0.5, 0.6) is 5.88 Å². The molecule has 4 rings (SSSR count). The molecule has 1 unspecified atom stereocenters. The zero-order valence-electron chi connectivity index (χ0n) is 9.72. The molecule has 1 aromatic heterocycles. The van der Waals surface area contributed by atoms with Gasteiger partial charge in [-0.05, 0) is 44.3 Å². The maximum Gasteiger partial charge on any atom is 0.213 e. The van der Waals surface area contributed by atoms with Gasteiger partial charge in [0.1, 0.15) is 6.10 Å². The SMILES string of the molecule is Cc1ccc(OC2CN3CCC2CC3)nc1. The van der Waals surface area contributed by atoms with Gasteiger partial charge in [-0.15, -0.1) is 0 Å². The van der Waals surface area contributed by atoms with Crippen molar-refractivity contribution in [3.8, 4) is 5.88 Å². The summed E-state index contributed by atoms with van der Waals surface area (Å²) in [7, 11) is 0. The van der Waals surface area contributed by atoms with Crippen LogP contribution < -0.4 is 4.74 Å². The standard InChI is InChI=1S/C13H18N2O/c1-10-2-3-13(14-8-10)16-12-9-15-6-4-11(12)5-7-15/h2-3,8,11-12H,4-7,9H2,1H3. The summed E-state index contributed by atoms with van der Waals surface area (Å²) in [6.45, 7) is 5.64. The summed E-state index contributed by atoms with van der Waals surface area (Å²) in [5, 5.41) is 0. The van der Waals surface area contributed by atoms with Crippen molar-refractivity contribution >= 4 is 0 Å². The molecule has 1 atom stereocenters. The summed E-state index contributed by atoms with van der Waals surface area (Å²) < 4.78 is 5.99. The minimum atomic E-state index is 0.359. The van der Waals surface area contributed by atoms with E-state index < -0.39 is 0 Å². The van der Waals surface area contributed by atoms with Gasteiger partial charge in [-0.3, -0.25) is 4.90 Å². The first-order valence-corrected chi connectivity index (χ1v) is 6.13. The molecule has 0 N–H and O–H groups in total. The summed E-state index contributed by atoms with van der Waals surface area (Å²) >= 11 is 0. The van der Waals surface area contributed by atoms with Crippen LogP contribution in [-0.2, 0) is 0 Å². The average Bonchev–Trinajstić information content (AvgIpc) is 2.34. The Morgan fingerprint density at radius 3 is 2.69 bits per heavy atom. The fraction of sp³-hybridized carbons (Fsp3) is 0.615. The molecule has 3 saturated heterocycles. The van der Waals surface area contributed by atoms with E-state index in [2.05, 4.69) is 16.0 Å². The fourth-order valence-corrected chi connectivity index (χ4v) is 2.72. The second kappa shape index (κ2) is 4.06. The highest BCUT2D eigenvalue weighted by Gasteiger charge is 2.35. The number of piperidine rings is 3. The minimum absolute atomic E-state index is 0.359. The molecule has 2 bridgehead atoms. The summed E-state index contributed by atoms with van der Waals surface area (Å²) in [6.07, 6.45) is 4.81. The van der Waals surface area contributed by atoms with Gasteiger partial charge in [0.2, 0.25) is 5.88 Å². The van der Waals surface area contributed by atoms with Gasteiger partial charge in [0.15, 0.2) is 0 Å². The minimum Gasteiger partial charge on any atom is -0.473 e. The Hall–Kier alpha value is -1.09. The molecular formula is C13H18N2O. The highest BCUT2D eigenvalue weighted by atomic mass is 16.5. The summed E-state index contributed by atoms with van der Waals surface area (Å²) in [5.41, 5.74) is 1.18. The number of fused-ring (bicyclic) bond motifs is 3. The number of rotatable bonds is 2. The van der Waals surface area contributed by atoms with E-state index in [1.807, 2.05) is 19.2 Å². The van der Waals surface area contributed by atoms with Crippen molar-refractivity contribution in [1.29, 1.82) is 0 Å². The van der Waals surface area contributed by atoms with Crippen molar-refractivity contribution in [3.63, 3.8) is 0 Å². The molecule has 0 aromatic carbocycles. The van der Waals surface area contributed by atoms with Crippen LogP contribution >= 0.6 is 0 Å². The Morgan fingerprint density at radius 1 is 1.31 bits per heavy atom. The molecule has 0 spiro atoms. The maximum atomic E-state index is 5.99. The van der Waals surface area contributed by atoms with Crippen LogP contribution in [0.15, 0.2) is 18.3 Å². The van der Waals surface area contributed by atoms with E-state index in [1.54, 1.807) is 0 Å². The molecule has 4 heterocycles. The molecule has 86 valence electrons. The summed E-state index contributed by atoms with van der Waals surface area (Å²) in [6, 6.07) is 4.04. The van der Waals surface area contributed by atoms with Gasteiger partial charge >= 0.3 is 0 Å². The van der Waals surface area contributed by atoms with Crippen molar-refractivity contribution in [2.24, 2.45) is 5.92 Å². The number of hydrogen-bond donors (Lipinski definition) is 0. The molecule has 1 aromatic rings. The lowest BCUT2D eigenvalue weighted by Crippen LogP contribution is -2.52. The quantitative estimate of drug-likeness (QED) is 0.757. The van der Waals surface area contributed by atoms with E-state index in [-0.39, 0.29) is 0 Å². The van der Waals surface area contributed by atoms with Gasteiger partial charge in [-0.1, -0.05) is 6.07 Å². The van der Waals surface area contributed by atoms with Crippen LogP contribution in [0.25, 0.3) is 0 Å². The topological polar surface area (TPSA) is 25.4 Å². The molecule has 3 aliphatic rings. The molecule has 3 fully saturated rings. The lowest BCUT2D eigenvalue weighted by Gasteiger charge is -2.44. The summed E-state index contributed by atoms with van der Waals surface area (Å²) in [4.78, 5) is 6.81. The molecular weight excluding hydrogens is 200 g/mol. The number of ether oxygens (including phenoxy) is 1. The predicted molar refractivity (Wildman–Crippen MR) is 62.6 cm³/mol. The third-order valence-electron chi connectivity index (χ3n) is 3.75. The predicted octanol–water partition coefficient (Wildman–Crippen LogP) is 1.86. The Bertz CT molecular complexity index is 355. The molecule has 3 heteroatoms. The van der Waals surface area contributed by atoms with Crippen LogP contribution in [-0.4, -0.2) is 35.6 Å². The number of aryl methyl sites for hydroxylation is 1. The van der Waals surface area contributed by atoms with Crippen molar-refractivity contribution in [2.75, 3.05) is 19.6 Å². The smallest absolute Gasteiger partial charge is 0.213 e. The normalized spacial score (nSPS) is 32.7. The Kier molecular flexibility index (Phi) is 2.56. The first-order chi connectivity index (χ1) is 7.81. The molecule has 3 aliphatic heterocycles. The second-order valence-electron chi connectivity index (χ2n) is 4.97. The average molecular weight is 218 g/mol. The molecule has 0 saturated carbocycles. The lowest BCUT2D eigenvalue weighted by atomic mass is 9.86. The monoisotopic (exact) mass is 218 g/mol. The molecule has 0 aliphatic carbocycles. The van der Waals surface area contributed by atoms with E-state index in [0.29, 0.717) is 6.10 Å². The maximum absolute atomic E-state index is 5.99. The molecule has 0 amide bonds. The first-order valence-electron chi connectivity index (χ1n) is 6.13. The van der Waals surface area contributed by atoms with Crippen molar-refractivity contribution in [1.82, 2.24) is 9.88 Å². The number of hydrogen-bond acceptors (Lipinski definition) is 3. The van der Waals surface area contributed by atoms with E-state index in [1.165, 1.54) is 31.5 Å². The van der Waals surface area contributed by atoms with Crippen LogP contribution in [0.3, 0.4) is 0 Å². The van der Waals surface area contributed by atoms with Crippen LogP contribution in [0.1, 0.15) is 18.4 Å². The number of pyridine rings is 1. The Labute approximate surface area is 96.4 Å². The zero-order valence-corrected chi connectivity index (χ0v) is 9.72. The van der Waals surface area contributed by atoms with Crippen LogP contribution in [0.4, 0.5) is 0 Å². The molecule has 16 heavy (non-hydrogen) atoms. The summed E-state index contributed by atoms with van der Waals surface area (Å²) in [5.74, 6) is 1.53. The molecule has 0 radical (unpaired) electrons. The largest absolute Gasteiger partial charge is 0.473 e. The fourth-order valence-electron chi connectivity index (χ4n) is 2.72. The van der Waals surface area contributed by atoms with Crippen LogP contribution in [0, 0.1) is 12.8 Å². The zero-order chi connectivity index (χ0) is 11.0. The van der Waals surface area contributed by atoms with Gasteiger partial charge in [-0.25, -0.2) is 4.98 Å². The van der Waals surface area contributed by atoms with Crippen molar-refractivity contribution in [3.05, 3.63) is 23.9 Å². The first kappa shape index (κ1) is 10.1. The Balaban J connectivity index is 1.68. The van der Waals surface area contributed by atoms with E-state index in [9.17, 15) is 0 Å². The van der Waals surface area contributed by atoms with E-state index in [0.717, 1.165) is 18.3 Å². The number of aromatic nitrogens is 1. The number of nitrogens with zero attached hydrogens (tertiary/aromatic N) is 2. The van der Waals surface area contributed by atoms with Crippen molar-refractivity contribution in [2.45, 2.75) is 25.9 Å². The third kappa shape index (κ3) is 1.92. The highest BCUT2D eigenvalue weighted by molar-refractivity contribution is 5.16. The van der Waals surface area contributed by atoms with Crippen LogP contribution in [0.2, 0.25) is 0 Å².